The maximum atomic E-state index is 12.5. The lowest BCUT2D eigenvalue weighted by Crippen LogP contribution is -2.51. The molecular weight excluding hydrogens is 276 g/mol. The van der Waals surface area contributed by atoms with Crippen molar-refractivity contribution in [3.05, 3.63) is 29.3 Å². The molecule has 1 aliphatic carbocycles. The highest BCUT2D eigenvalue weighted by Gasteiger charge is 2.41. The van der Waals surface area contributed by atoms with Crippen molar-refractivity contribution < 1.29 is 9.53 Å². The van der Waals surface area contributed by atoms with E-state index >= 15 is 0 Å². The molecule has 2 fully saturated rings. The van der Waals surface area contributed by atoms with Gasteiger partial charge in [0.05, 0.1) is 7.11 Å². The number of nitrogens with zero attached hydrogens (tertiary/aromatic N) is 1. The van der Waals surface area contributed by atoms with Gasteiger partial charge in [0.2, 0.25) is 5.91 Å². The standard InChI is InChI=1S/C18H26N2O2/c1-12-6-13(4-5-17(12)22-3)11-20(2)18(21)15-7-14(8-15)16-9-19-10-16/h4-6,14-16,19H,7-11H2,1-3H3. The Morgan fingerprint density at radius 3 is 2.59 bits per heavy atom. The molecule has 1 N–H and O–H groups in total. The van der Waals surface area contributed by atoms with E-state index in [0.717, 1.165) is 54.6 Å². The Balaban J connectivity index is 1.52. The van der Waals surface area contributed by atoms with Crippen molar-refractivity contribution in [3.8, 4) is 5.75 Å². The summed E-state index contributed by atoms with van der Waals surface area (Å²) in [5.74, 6) is 3.03. The summed E-state index contributed by atoms with van der Waals surface area (Å²) >= 11 is 0. The first-order valence-corrected chi connectivity index (χ1v) is 8.17. The molecule has 1 amide bonds. The van der Waals surface area contributed by atoms with E-state index in [0.29, 0.717) is 12.5 Å². The number of carbonyl (C=O) groups is 1. The van der Waals surface area contributed by atoms with Gasteiger partial charge in [-0.2, -0.15) is 0 Å². The van der Waals surface area contributed by atoms with Gasteiger partial charge in [-0.3, -0.25) is 4.79 Å². The second-order valence-electron chi connectivity index (χ2n) is 6.85. The monoisotopic (exact) mass is 302 g/mol. The van der Waals surface area contributed by atoms with Gasteiger partial charge in [0.1, 0.15) is 5.75 Å². The summed E-state index contributed by atoms with van der Waals surface area (Å²) in [7, 11) is 3.60. The number of aryl methyl sites for hydroxylation is 1. The minimum Gasteiger partial charge on any atom is -0.496 e. The fraction of sp³-hybridized carbons (Fsp3) is 0.611. The second kappa shape index (κ2) is 6.29. The highest BCUT2D eigenvalue weighted by Crippen LogP contribution is 2.41. The first-order chi connectivity index (χ1) is 10.6. The van der Waals surface area contributed by atoms with Crippen molar-refractivity contribution in [2.75, 3.05) is 27.2 Å². The summed E-state index contributed by atoms with van der Waals surface area (Å²) in [4.78, 5) is 14.4. The van der Waals surface area contributed by atoms with E-state index in [9.17, 15) is 4.79 Å². The fourth-order valence-electron chi connectivity index (χ4n) is 3.60. The number of carbonyl (C=O) groups excluding carboxylic acids is 1. The van der Waals surface area contributed by atoms with Gasteiger partial charge in [-0.25, -0.2) is 0 Å². The summed E-state index contributed by atoms with van der Waals surface area (Å²) in [6, 6.07) is 6.12. The number of benzene rings is 1. The van der Waals surface area contributed by atoms with Gasteiger partial charge in [0.15, 0.2) is 0 Å². The fourth-order valence-corrected chi connectivity index (χ4v) is 3.60. The Morgan fingerprint density at radius 2 is 2.05 bits per heavy atom. The lowest BCUT2D eigenvalue weighted by molar-refractivity contribution is -0.140. The third kappa shape index (κ3) is 2.98. The van der Waals surface area contributed by atoms with Crippen LogP contribution in [0.2, 0.25) is 0 Å². The molecule has 1 aliphatic heterocycles. The quantitative estimate of drug-likeness (QED) is 0.906. The van der Waals surface area contributed by atoms with Crippen LogP contribution in [-0.2, 0) is 11.3 Å². The van der Waals surface area contributed by atoms with Crippen molar-refractivity contribution in [2.45, 2.75) is 26.3 Å². The molecule has 0 spiro atoms. The van der Waals surface area contributed by atoms with E-state index in [4.69, 9.17) is 4.74 Å². The molecule has 120 valence electrons. The van der Waals surface area contributed by atoms with E-state index < -0.39 is 0 Å². The molecule has 1 aromatic rings. The van der Waals surface area contributed by atoms with Crippen LogP contribution in [0.25, 0.3) is 0 Å². The van der Waals surface area contributed by atoms with Crippen molar-refractivity contribution in [2.24, 2.45) is 17.8 Å². The number of hydrogen-bond donors (Lipinski definition) is 1. The normalized spacial score (nSPS) is 24.3. The number of ether oxygens (including phenoxy) is 1. The van der Waals surface area contributed by atoms with E-state index in [1.54, 1.807) is 7.11 Å². The summed E-state index contributed by atoms with van der Waals surface area (Å²) in [5, 5.41) is 3.32. The van der Waals surface area contributed by atoms with E-state index in [1.165, 1.54) is 0 Å². The highest BCUT2D eigenvalue weighted by atomic mass is 16.5. The number of nitrogens with one attached hydrogen (secondary N) is 1. The molecule has 2 aliphatic rings. The third-order valence-electron chi connectivity index (χ3n) is 5.26. The molecule has 1 heterocycles. The van der Waals surface area contributed by atoms with Gasteiger partial charge >= 0.3 is 0 Å². The zero-order valence-electron chi connectivity index (χ0n) is 13.8. The van der Waals surface area contributed by atoms with Crippen LogP contribution in [0.15, 0.2) is 18.2 Å². The molecule has 0 atom stereocenters. The molecule has 0 radical (unpaired) electrons. The van der Waals surface area contributed by atoms with Crippen LogP contribution in [0.3, 0.4) is 0 Å². The van der Waals surface area contributed by atoms with Crippen LogP contribution < -0.4 is 10.1 Å². The van der Waals surface area contributed by atoms with Gasteiger partial charge in [0.25, 0.3) is 0 Å². The van der Waals surface area contributed by atoms with E-state index in [-0.39, 0.29) is 5.92 Å². The van der Waals surface area contributed by atoms with Crippen LogP contribution in [-0.4, -0.2) is 38.1 Å². The summed E-state index contributed by atoms with van der Waals surface area (Å²) < 4.78 is 5.28. The van der Waals surface area contributed by atoms with Crippen molar-refractivity contribution >= 4 is 5.91 Å². The largest absolute Gasteiger partial charge is 0.496 e. The average Bonchev–Trinajstić information content (AvgIpc) is 2.39. The van der Waals surface area contributed by atoms with E-state index in [1.807, 2.05) is 31.0 Å². The maximum absolute atomic E-state index is 12.5. The molecule has 0 bridgehead atoms. The lowest BCUT2D eigenvalue weighted by Gasteiger charge is -2.44. The molecule has 4 nitrogen and oxygen atoms in total. The summed E-state index contributed by atoms with van der Waals surface area (Å²) in [6.45, 7) is 5.00. The molecule has 1 saturated carbocycles. The summed E-state index contributed by atoms with van der Waals surface area (Å²) in [6.07, 6.45) is 2.16. The van der Waals surface area contributed by atoms with Gasteiger partial charge in [-0.15, -0.1) is 0 Å². The minimum atomic E-state index is 0.245. The minimum absolute atomic E-state index is 0.245. The van der Waals surface area contributed by atoms with Crippen molar-refractivity contribution in [1.82, 2.24) is 10.2 Å². The number of amides is 1. The summed E-state index contributed by atoms with van der Waals surface area (Å²) in [5.41, 5.74) is 2.27. The molecule has 0 unspecified atom stereocenters. The van der Waals surface area contributed by atoms with Crippen molar-refractivity contribution in [1.29, 1.82) is 0 Å². The Hall–Kier alpha value is -1.55. The Kier molecular flexibility index (Phi) is 4.39. The van der Waals surface area contributed by atoms with E-state index in [2.05, 4.69) is 11.4 Å². The number of hydrogen-bond acceptors (Lipinski definition) is 3. The third-order valence-corrected chi connectivity index (χ3v) is 5.26. The first-order valence-electron chi connectivity index (χ1n) is 8.17. The van der Waals surface area contributed by atoms with Gasteiger partial charge in [-0.05, 0) is 61.9 Å². The molecule has 4 heteroatoms. The van der Waals surface area contributed by atoms with Crippen LogP contribution in [0.4, 0.5) is 0 Å². The molecular formula is C18H26N2O2. The Labute approximate surface area is 132 Å². The highest BCUT2D eigenvalue weighted by molar-refractivity contribution is 5.79. The lowest BCUT2D eigenvalue weighted by atomic mass is 9.66. The van der Waals surface area contributed by atoms with Gasteiger partial charge in [-0.1, -0.05) is 12.1 Å². The first kappa shape index (κ1) is 15.3. The van der Waals surface area contributed by atoms with Crippen molar-refractivity contribution in [3.63, 3.8) is 0 Å². The molecule has 1 saturated heterocycles. The smallest absolute Gasteiger partial charge is 0.225 e. The Bertz CT molecular complexity index is 548. The molecule has 3 rings (SSSR count). The SMILES string of the molecule is COc1ccc(CN(C)C(=O)C2CC(C3CNC3)C2)cc1C. The zero-order chi connectivity index (χ0) is 15.7. The van der Waals surface area contributed by atoms with Gasteiger partial charge in [0, 0.05) is 19.5 Å². The topological polar surface area (TPSA) is 41.6 Å². The maximum Gasteiger partial charge on any atom is 0.225 e. The average molecular weight is 302 g/mol. The Morgan fingerprint density at radius 1 is 1.32 bits per heavy atom. The predicted molar refractivity (Wildman–Crippen MR) is 86.8 cm³/mol. The van der Waals surface area contributed by atoms with Crippen LogP contribution >= 0.6 is 0 Å². The molecule has 1 aromatic carbocycles. The predicted octanol–water partition coefficient (Wildman–Crippen LogP) is 2.21. The van der Waals surface area contributed by atoms with Crippen LogP contribution in [0, 0.1) is 24.7 Å². The van der Waals surface area contributed by atoms with Crippen LogP contribution in [0.1, 0.15) is 24.0 Å². The molecule has 22 heavy (non-hydrogen) atoms. The molecule has 0 aromatic heterocycles. The van der Waals surface area contributed by atoms with Crippen LogP contribution in [0.5, 0.6) is 5.75 Å². The number of methoxy groups -OCH3 is 1. The number of rotatable bonds is 5. The zero-order valence-corrected chi connectivity index (χ0v) is 13.8. The van der Waals surface area contributed by atoms with Gasteiger partial charge < -0.3 is 15.0 Å². The second-order valence-corrected chi connectivity index (χ2v) is 6.85.